The Labute approximate surface area is 160 Å². The minimum Gasteiger partial charge on any atom is -0.394 e. The third-order valence-corrected chi connectivity index (χ3v) is 4.38. The molecule has 8 nitrogen and oxygen atoms in total. The Morgan fingerprint density at radius 2 is 1.71 bits per heavy atom. The molecule has 0 saturated carbocycles. The molecule has 0 radical (unpaired) electrons. The van der Waals surface area contributed by atoms with Crippen LogP contribution in [0.3, 0.4) is 0 Å². The van der Waals surface area contributed by atoms with Crippen LogP contribution in [0.5, 0.6) is 0 Å². The van der Waals surface area contributed by atoms with Crippen LogP contribution in [0.4, 0.5) is 16.2 Å². The Hall–Kier alpha value is -3.49. The third-order valence-electron chi connectivity index (χ3n) is 4.38. The molecule has 0 heterocycles. The average Bonchev–Trinajstić information content (AvgIpc) is 2.72. The number of aliphatic hydroxyl groups is 2. The molecule has 2 amide bonds. The summed E-state index contributed by atoms with van der Waals surface area (Å²) < 4.78 is 0. The maximum Gasteiger partial charge on any atom is 0.319 e. The first kappa shape index (κ1) is 19.3. The van der Waals surface area contributed by atoms with Crippen molar-refractivity contribution in [3.8, 4) is 0 Å². The predicted octanol–water partition coefficient (Wildman–Crippen LogP) is 2.96. The van der Waals surface area contributed by atoms with Crippen molar-refractivity contribution in [2.24, 2.45) is 0 Å². The minimum absolute atomic E-state index is 0.113. The Morgan fingerprint density at radius 1 is 1.04 bits per heavy atom. The van der Waals surface area contributed by atoms with Gasteiger partial charge in [-0.25, -0.2) is 4.79 Å². The summed E-state index contributed by atoms with van der Waals surface area (Å²) in [7, 11) is 0. The summed E-state index contributed by atoms with van der Waals surface area (Å²) in [5, 5.41) is 37.8. The molecule has 0 aliphatic rings. The molecule has 3 rings (SSSR count). The van der Waals surface area contributed by atoms with Gasteiger partial charge in [0.1, 0.15) is 6.10 Å². The number of nitrogens with zero attached hydrogens (tertiary/aromatic N) is 1. The molecule has 0 aromatic heterocycles. The van der Waals surface area contributed by atoms with Gasteiger partial charge in [-0.1, -0.05) is 36.4 Å². The number of urea groups is 1. The fourth-order valence-corrected chi connectivity index (χ4v) is 2.91. The number of benzene rings is 3. The summed E-state index contributed by atoms with van der Waals surface area (Å²) in [5.74, 6) is 0. The summed E-state index contributed by atoms with van der Waals surface area (Å²) >= 11 is 0. The van der Waals surface area contributed by atoms with Crippen LogP contribution < -0.4 is 10.6 Å². The predicted molar refractivity (Wildman–Crippen MR) is 105 cm³/mol. The van der Waals surface area contributed by atoms with Crippen LogP contribution in [-0.2, 0) is 0 Å². The maximum atomic E-state index is 12.4. The van der Waals surface area contributed by atoms with Gasteiger partial charge in [0.25, 0.3) is 5.69 Å². The topological polar surface area (TPSA) is 125 Å². The van der Waals surface area contributed by atoms with Crippen LogP contribution in [0.1, 0.15) is 11.7 Å². The molecule has 0 fully saturated rings. The lowest BCUT2D eigenvalue weighted by Gasteiger charge is -2.23. The van der Waals surface area contributed by atoms with Crippen LogP contribution in [0.25, 0.3) is 10.8 Å². The number of hydrogen-bond acceptors (Lipinski definition) is 5. The van der Waals surface area contributed by atoms with E-state index in [9.17, 15) is 25.1 Å². The molecule has 0 aliphatic heterocycles. The first-order valence-corrected chi connectivity index (χ1v) is 8.58. The quantitative estimate of drug-likeness (QED) is 0.386. The van der Waals surface area contributed by atoms with Gasteiger partial charge in [-0.05, 0) is 29.1 Å². The van der Waals surface area contributed by atoms with Gasteiger partial charge in [-0.2, -0.15) is 0 Å². The van der Waals surface area contributed by atoms with Crippen molar-refractivity contribution in [2.75, 3.05) is 11.9 Å². The molecule has 2 unspecified atom stereocenters. The molecule has 28 heavy (non-hydrogen) atoms. The normalized spacial score (nSPS) is 12.9. The Balaban J connectivity index is 1.71. The second-order valence-electron chi connectivity index (χ2n) is 6.21. The highest BCUT2D eigenvalue weighted by molar-refractivity contribution is 6.01. The first-order valence-electron chi connectivity index (χ1n) is 8.58. The molecule has 4 N–H and O–H groups in total. The van der Waals surface area contributed by atoms with E-state index in [2.05, 4.69) is 10.6 Å². The number of nitro benzene ring substituents is 1. The van der Waals surface area contributed by atoms with Gasteiger partial charge >= 0.3 is 6.03 Å². The zero-order valence-corrected chi connectivity index (χ0v) is 14.8. The fraction of sp³-hybridized carbons (Fsp3) is 0.150. The van der Waals surface area contributed by atoms with E-state index >= 15 is 0 Å². The largest absolute Gasteiger partial charge is 0.394 e. The van der Waals surface area contributed by atoms with Gasteiger partial charge in [0.15, 0.2) is 0 Å². The molecular formula is C20H19N3O5. The van der Waals surface area contributed by atoms with Gasteiger partial charge in [0.05, 0.1) is 23.3 Å². The second kappa shape index (κ2) is 8.47. The lowest BCUT2D eigenvalue weighted by atomic mass is 10.0. The van der Waals surface area contributed by atoms with Crippen LogP contribution in [0.15, 0.2) is 66.7 Å². The standard InChI is InChI=1S/C20H19N3O5/c24-12-18(19(25)14-8-10-15(11-9-14)23(27)28)22-20(26)21-17-7-3-5-13-4-1-2-6-16(13)17/h1-11,18-19,24-25H,12H2,(H2,21,22,26). The summed E-state index contributed by atoms with van der Waals surface area (Å²) in [6.45, 7) is -0.513. The smallest absolute Gasteiger partial charge is 0.319 e. The highest BCUT2D eigenvalue weighted by Gasteiger charge is 2.23. The fourth-order valence-electron chi connectivity index (χ4n) is 2.91. The van der Waals surface area contributed by atoms with Gasteiger partial charge < -0.3 is 20.8 Å². The monoisotopic (exact) mass is 381 g/mol. The van der Waals surface area contributed by atoms with Gasteiger partial charge in [-0.3, -0.25) is 10.1 Å². The molecule has 0 saturated heterocycles. The van der Waals surface area contributed by atoms with Crippen molar-refractivity contribution in [1.29, 1.82) is 0 Å². The molecule has 2 atom stereocenters. The van der Waals surface area contributed by atoms with Crippen molar-refractivity contribution in [3.05, 3.63) is 82.4 Å². The number of carbonyl (C=O) groups is 1. The Morgan fingerprint density at radius 3 is 2.39 bits per heavy atom. The number of anilines is 1. The Bertz CT molecular complexity index is 985. The maximum absolute atomic E-state index is 12.4. The van der Waals surface area contributed by atoms with Crippen molar-refractivity contribution >= 4 is 28.2 Å². The molecule has 3 aromatic carbocycles. The first-order chi connectivity index (χ1) is 13.5. The van der Waals surface area contributed by atoms with Gasteiger partial charge in [0.2, 0.25) is 0 Å². The summed E-state index contributed by atoms with van der Waals surface area (Å²) in [4.78, 5) is 22.5. The zero-order valence-electron chi connectivity index (χ0n) is 14.8. The number of amides is 2. The lowest BCUT2D eigenvalue weighted by Crippen LogP contribution is -2.44. The average molecular weight is 381 g/mol. The number of carbonyl (C=O) groups excluding carboxylic acids is 1. The number of nitro groups is 1. The number of hydrogen-bond donors (Lipinski definition) is 4. The summed E-state index contributed by atoms with van der Waals surface area (Å²) in [5.41, 5.74) is 0.824. The molecule has 3 aromatic rings. The van der Waals surface area contributed by atoms with Crippen LogP contribution in [-0.4, -0.2) is 33.8 Å². The van der Waals surface area contributed by atoms with Crippen LogP contribution in [0, 0.1) is 10.1 Å². The second-order valence-corrected chi connectivity index (χ2v) is 6.21. The van der Waals surface area contributed by atoms with Crippen molar-refractivity contribution in [2.45, 2.75) is 12.1 Å². The third kappa shape index (κ3) is 4.25. The van der Waals surface area contributed by atoms with Gasteiger partial charge in [0, 0.05) is 17.5 Å². The van der Waals surface area contributed by atoms with E-state index in [1.54, 1.807) is 6.07 Å². The highest BCUT2D eigenvalue weighted by atomic mass is 16.6. The number of aliphatic hydroxyl groups excluding tert-OH is 2. The SMILES string of the molecule is O=C(Nc1cccc2ccccc12)NC(CO)C(O)c1ccc([N+](=O)[O-])cc1. The summed E-state index contributed by atoms with van der Waals surface area (Å²) in [6.07, 6.45) is -1.23. The van der Waals surface area contributed by atoms with Crippen LogP contribution in [0.2, 0.25) is 0 Å². The molecule has 0 bridgehead atoms. The highest BCUT2D eigenvalue weighted by Crippen LogP contribution is 2.23. The number of non-ortho nitro benzene ring substituents is 1. The molecule has 8 heteroatoms. The molecule has 0 spiro atoms. The summed E-state index contributed by atoms with van der Waals surface area (Å²) in [6, 6.07) is 16.7. The van der Waals surface area contributed by atoms with E-state index in [0.717, 1.165) is 10.8 Å². The van der Waals surface area contributed by atoms with Crippen molar-refractivity contribution in [1.82, 2.24) is 5.32 Å². The van der Waals surface area contributed by atoms with Crippen LogP contribution >= 0.6 is 0 Å². The molecule has 144 valence electrons. The van der Waals surface area contributed by atoms with E-state index < -0.39 is 29.7 Å². The Kier molecular flexibility index (Phi) is 5.83. The minimum atomic E-state index is -1.23. The van der Waals surface area contributed by atoms with Gasteiger partial charge in [-0.15, -0.1) is 0 Å². The van der Waals surface area contributed by atoms with E-state index in [-0.39, 0.29) is 5.69 Å². The van der Waals surface area contributed by atoms with E-state index in [4.69, 9.17) is 0 Å². The zero-order chi connectivity index (χ0) is 20.1. The molecule has 0 aliphatic carbocycles. The molecular weight excluding hydrogens is 362 g/mol. The van der Waals surface area contributed by atoms with Crippen molar-refractivity contribution < 1.29 is 19.9 Å². The lowest BCUT2D eigenvalue weighted by molar-refractivity contribution is -0.384. The van der Waals surface area contributed by atoms with E-state index in [1.165, 1.54) is 24.3 Å². The van der Waals surface area contributed by atoms with E-state index in [1.807, 2.05) is 36.4 Å². The van der Waals surface area contributed by atoms with Crippen molar-refractivity contribution in [3.63, 3.8) is 0 Å². The van der Waals surface area contributed by atoms with E-state index in [0.29, 0.717) is 11.3 Å². The number of nitrogens with one attached hydrogen (secondary N) is 2. The number of fused-ring (bicyclic) bond motifs is 1. The number of rotatable bonds is 6.